The van der Waals surface area contributed by atoms with Gasteiger partial charge in [-0.1, -0.05) is 12.1 Å². The highest BCUT2D eigenvalue weighted by Crippen LogP contribution is 2.31. The molecule has 1 atom stereocenters. The number of carbonyl (C=O) groups excluding carboxylic acids is 1. The topological polar surface area (TPSA) is 54.9 Å². The Morgan fingerprint density at radius 2 is 2.14 bits per heavy atom. The van der Waals surface area contributed by atoms with Gasteiger partial charge < -0.3 is 14.4 Å². The molecule has 0 saturated carbocycles. The zero-order valence-corrected chi connectivity index (χ0v) is 16.3. The van der Waals surface area contributed by atoms with Crippen molar-refractivity contribution in [3.05, 3.63) is 53.9 Å². The van der Waals surface area contributed by atoms with E-state index in [1.807, 2.05) is 41.4 Å². The monoisotopic (exact) mass is 381 g/mol. The first-order chi connectivity index (χ1) is 13.7. The molecule has 148 valence electrons. The van der Waals surface area contributed by atoms with Gasteiger partial charge in [-0.2, -0.15) is 0 Å². The first-order valence-electron chi connectivity index (χ1n) is 9.93. The highest BCUT2D eigenvalue weighted by atomic mass is 16.5. The maximum Gasteiger partial charge on any atom is 0.229 e. The number of benzene rings is 1. The summed E-state index contributed by atoms with van der Waals surface area (Å²) in [7, 11) is 1.65. The molecule has 1 fully saturated rings. The van der Waals surface area contributed by atoms with Crippen molar-refractivity contribution in [3.63, 3.8) is 0 Å². The summed E-state index contributed by atoms with van der Waals surface area (Å²) in [6.45, 7) is 4.72. The molecule has 2 aromatic rings. The van der Waals surface area contributed by atoms with Crippen molar-refractivity contribution >= 4 is 5.91 Å². The second-order valence-electron chi connectivity index (χ2n) is 7.46. The van der Waals surface area contributed by atoms with Gasteiger partial charge in [-0.25, -0.2) is 0 Å². The highest BCUT2D eigenvalue weighted by molar-refractivity contribution is 5.80. The van der Waals surface area contributed by atoms with E-state index in [1.54, 1.807) is 7.11 Å². The number of fused-ring (bicyclic) bond motifs is 1. The third kappa shape index (κ3) is 4.28. The van der Waals surface area contributed by atoms with Crippen LogP contribution in [0.5, 0.6) is 11.5 Å². The lowest BCUT2D eigenvalue weighted by atomic mass is 9.95. The minimum Gasteiger partial charge on any atom is -0.497 e. The third-order valence-corrected chi connectivity index (χ3v) is 5.54. The molecule has 0 aliphatic carbocycles. The summed E-state index contributed by atoms with van der Waals surface area (Å²) < 4.78 is 11.1. The molecule has 3 heterocycles. The van der Waals surface area contributed by atoms with E-state index in [1.165, 1.54) is 0 Å². The molecule has 1 amide bonds. The van der Waals surface area contributed by atoms with Crippen LogP contribution in [0.4, 0.5) is 0 Å². The van der Waals surface area contributed by atoms with Gasteiger partial charge >= 0.3 is 0 Å². The molecule has 4 rings (SSSR count). The molecule has 0 spiro atoms. The quantitative estimate of drug-likeness (QED) is 0.814. The van der Waals surface area contributed by atoms with Crippen LogP contribution in [0.2, 0.25) is 0 Å². The Balaban J connectivity index is 1.35. The number of hydrogen-bond acceptors (Lipinski definition) is 5. The fraction of sp³-hybridized carbons (Fsp3) is 0.455. The summed E-state index contributed by atoms with van der Waals surface area (Å²) in [5.41, 5.74) is 2.16. The molecule has 28 heavy (non-hydrogen) atoms. The van der Waals surface area contributed by atoms with Crippen LogP contribution in [0.3, 0.4) is 0 Å². The summed E-state index contributed by atoms with van der Waals surface area (Å²) in [6, 6.07) is 11.8. The summed E-state index contributed by atoms with van der Waals surface area (Å²) in [6.07, 6.45) is 3.55. The van der Waals surface area contributed by atoms with Crippen molar-refractivity contribution in [2.45, 2.75) is 19.4 Å². The summed E-state index contributed by atoms with van der Waals surface area (Å²) in [4.78, 5) is 21.9. The first kappa shape index (κ1) is 18.7. The predicted molar refractivity (Wildman–Crippen MR) is 106 cm³/mol. The lowest BCUT2D eigenvalue weighted by molar-refractivity contribution is -0.136. The van der Waals surface area contributed by atoms with Gasteiger partial charge in [0.2, 0.25) is 5.91 Å². The molecule has 6 heteroatoms. The third-order valence-electron chi connectivity index (χ3n) is 5.54. The minimum atomic E-state index is -0.108. The fourth-order valence-electron chi connectivity index (χ4n) is 3.97. The fourth-order valence-corrected chi connectivity index (χ4v) is 3.97. The zero-order valence-electron chi connectivity index (χ0n) is 16.3. The van der Waals surface area contributed by atoms with E-state index < -0.39 is 0 Å². The molecule has 6 nitrogen and oxygen atoms in total. The van der Waals surface area contributed by atoms with E-state index in [2.05, 4.69) is 16.0 Å². The summed E-state index contributed by atoms with van der Waals surface area (Å²) in [5, 5.41) is 0. The van der Waals surface area contributed by atoms with Gasteiger partial charge in [0.1, 0.15) is 18.1 Å². The van der Waals surface area contributed by atoms with Gasteiger partial charge in [-0.3, -0.25) is 14.7 Å². The van der Waals surface area contributed by atoms with Crippen LogP contribution in [0.1, 0.15) is 17.7 Å². The lowest BCUT2D eigenvalue weighted by Gasteiger charge is -2.30. The Kier molecular flexibility index (Phi) is 5.76. The number of amides is 1. The Labute approximate surface area is 166 Å². The van der Waals surface area contributed by atoms with Crippen molar-refractivity contribution < 1.29 is 14.3 Å². The molecule has 0 bridgehead atoms. The molecule has 0 N–H and O–H groups in total. The van der Waals surface area contributed by atoms with Gasteiger partial charge in [0.05, 0.1) is 18.7 Å². The Morgan fingerprint density at radius 1 is 1.21 bits per heavy atom. The molecule has 0 radical (unpaired) electrons. The van der Waals surface area contributed by atoms with Crippen LogP contribution >= 0.6 is 0 Å². The van der Waals surface area contributed by atoms with Crippen molar-refractivity contribution in [3.8, 4) is 11.5 Å². The molecular weight excluding hydrogens is 354 g/mol. The van der Waals surface area contributed by atoms with Crippen LogP contribution < -0.4 is 9.47 Å². The number of nitrogens with zero attached hydrogens (tertiary/aromatic N) is 3. The zero-order chi connectivity index (χ0) is 19.3. The Bertz CT molecular complexity index is 812. The normalized spacial score (nSPS) is 20.0. The average Bonchev–Trinajstić information content (AvgIpc) is 2.98. The standard InChI is InChI=1S/C22H27N3O3/c1-27-20-7-6-17-13-18(16-28-21(17)14-20)22(26)25-10-4-9-24(11-12-25)15-19-5-2-3-8-23-19/h2-3,5-8,14,18H,4,9-13,15-16H2,1H3. The second-order valence-corrected chi connectivity index (χ2v) is 7.46. The van der Waals surface area contributed by atoms with Crippen molar-refractivity contribution in [2.24, 2.45) is 5.92 Å². The first-order valence-corrected chi connectivity index (χ1v) is 9.93. The predicted octanol–water partition coefficient (Wildman–Crippen LogP) is 2.38. The Hall–Kier alpha value is -2.60. The number of methoxy groups -OCH3 is 1. The van der Waals surface area contributed by atoms with Gasteiger partial charge in [0, 0.05) is 45.0 Å². The number of carbonyl (C=O) groups is 1. The summed E-state index contributed by atoms with van der Waals surface area (Å²) >= 11 is 0. The van der Waals surface area contributed by atoms with E-state index in [0.29, 0.717) is 6.61 Å². The van der Waals surface area contributed by atoms with Gasteiger partial charge in [-0.05, 0) is 36.6 Å². The molecule has 1 unspecified atom stereocenters. The molecule has 2 aliphatic heterocycles. The van der Waals surface area contributed by atoms with Crippen LogP contribution in [-0.4, -0.2) is 60.6 Å². The van der Waals surface area contributed by atoms with Crippen LogP contribution in [0, 0.1) is 5.92 Å². The Morgan fingerprint density at radius 3 is 2.96 bits per heavy atom. The van der Waals surface area contributed by atoms with Gasteiger partial charge in [0.15, 0.2) is 0 Å². The number of pyridine rings is 1. The van der Waals surface area contributed by atoms with Crippen LogP contribution in [0.25, 0.3) is 0 Å². The lowest BCUT2D eigenvalue weighted by Crippen LogP contribution is -2.42. The number of hydrogen-bond donors (Lipinski definition) is 0. The van der Waals surface area contributed by atoms with Crippen LogP contribution in [0.15, 0.2) is 42.6 Å². The SMILES string of the molecule is COc1ccc2c(c1)OCC(C(=O)N1CCCN(Cc3ccccn3)CC1)C2. The second kappa shape index (κ2) is 8.61. The number of aromatic nitrogens is 1. The number of rotatable bonds is 4. The van der Waals surface area contributed by atoms with Crippen molar-refractivity contribution in [2.75, 3.05) is 39.9 Å². The highest BCUT2D eigenvalue weighted by Gasteiger charge is 2.30. The molecule has 1 aromatic carbocycles. The van der Waals surface area contributed by atoms with E-state index in [9.17, 15) is 4.79 Å². The average molecular weight is 381 g/mol. The largest absolute Gasteiger partial charge is 0.497 e. The molecular formula is C22H27N3O3. The van der Waals surface area contributed by atoms with E-state index in [0.717, 1.165) is 68.3 Å². The maximum absolute atomic E-state index is 13.1. The molecule has 2 aliphatic rings. The maximum atomic E-state index is 13.1. The van der Waals surface area contributed by atoms with E-state index in [-0.39, 0.29) is 11.8 Å². The van der Waals surface area contributed by atoms with Crippen molar-refractivity contribution in [1.29, 1.82) is 0 Å². The summed E-state index contributed by atoms with van der Waals surface area (Å²) in [5.74, 6) is 1.72. The molecule has 1 aromatic heterocycles. The van der Waals surface area contributed by atoms with E-state index >= 15 is 0 Å². The smallest absolute Gasteiger partial charge is 0.229 e. The van der Waals surface area contributed by atoms with Crippen LogP contribution in [-0.2, 0) is 17.8 Å². The molecule has 1 saturated heterocycles. The van der Waals surface area contributed by atoms with Crippen molar-refractivity contribution in [1.82, 2.24) is 14.8 Å². The minimum absolute atomic E-state index is 0.108. The van der Waals surface area contributed by atoms with Gasteiger partial charge in [0.25, 0.3) is 0 Å². The number of ether oxygens (including phenoxy) is 2. The van der Waals surface area contributed by atoms with Gasteiger partial charge in [-0.15, -0.1) is 0 Å². The van der Waals surface area contributed by atoms with E-state index in [4.69, 9.17) is 9.47 Å².